The van der Waals surface area contributed by atoms with E-state index < -0.39 is 21.2 Å². The number of hydrogen-bond acceptors (Lipinski definition) is 3. The van der Waals surface area contributed by atoms with Crippen molar-refractivity contribution in [1.29, 1.82) is 0 Å². The summed E-state index contributed by atoms with van der Waals surface area (Å²) >= 11 is 17.0. The Hall–Kier alpha value is -1.36. The summed E-state index contributed by atoms with van der Waals surface area (Å²) in [4.78, 5) is 38.1. The number of aryl methyl sites for hydroxylation is 1. The van der Waals surface area contributed by atoms with Crippen molar-refractivity contribution in [3.8, 4) is 0 Å². The number of fused-ring (bicyclic) bond motifs is 3. The first-order chi connectivity index (χ1) is 12.4. The molecule has 1 aromatic rings. The summed E-state index contributed by atoms with van der Waals surface area (Å²) in [5.74, 6) is -1.12. The molecule has 0 radical (unpaired) electrons. The first-order valence-electron chi connectivity index (χ1n) is 8.76. The lowest BCUT2D eigenvalue weighted by molar-refractivity contribution is -0.121. The van der Waals surface area contributed by atoms with Crippen LogP contribution in [-0.4, -0.2) is 21.3 Å². The fraction of sp³-hybridized carbons (Fsp3) is 0.450. The third kappa shape index (κ3) is 3.80. The summed E-state index contributed by atoms with van der Waals surface area (Å²) in [7, 11) is 0. The van der Waals surface area contributed by atoms with Gasteiger partial charge in [0.25, 0.3) is 9.70 Å². The van der Waals surface area contributed by atoms with E-state index in [0.29, 0.717) is 28.7 Å². The molecule has 0 fully saturated rings. The zero-order valence-electron chi connectivity index (χ0n) is 15.3. The van der Waals surface area contributed by atoms with E-state index in [4.69, 9.17) is 34.8 Å². The number of ketones is 2. The lowest BCUT2D eigenvalue weighted by atomic mass is 9.73. The van der Waals surface area contributed by atoms with Gasteiger partial charge in [0.1, 0.15) is 0 Å². The Labute approximate surface area is 173 Å². The molecule has 7 heteroatoms. The number of rotatable bonds is 1. The van der Waals surface area contributed by atoms with Crippen molar-refractivity contribution in [2.24, 2.45) is 5.41 Å². The van der Waals surface area contributed by atoms with Gasteiger partial charge in [-0.3, -0.25) is 14.4 Å². The first kappa shape index (κ1) is 20.4. The van der Waals surface area contributed by atoms with Crippen molar-refractivity contribution in [3.63, 3.8) is 0 Å². The van der Waals surface area contributed by atoms with Crippen LogP contribution >= 0.6 is 34.8 Å². The predicted molar refractivity (Wildman–Crippen MR) is 107 cm³/mol. The highest BCUT2D eigenvalue weighted by Crippen LogP contribution is 2.40. The lowest BCUT2D eigenvalue weighted by Gasteiger charge is -2.32. The third-order valence-electron chi connectivity index (χ3n) is 5.01. The minimum Gasteiger partial charge on any atom is -0.346 e. The number of allylic oxidation sites excluding steroid dienone is 2. The molecular weight excluding hydrogens is 409 g/mol. The van der Waals surface area contributed by atoms with Gasteiger partial charge in [-0.1, -0.05) is 67.7 Å². The number of hydrogen-bond donors (Lipinski definition) is 1. The molecule has 144 valence electrons. The summed E-state index contributed by atoms with van der Waals surface area (Å²) in [6, 6.07) is 3.10. The molecule has 0 aromatic heterocycles. The zero-order valence-corrected chi connectivity index (χ0v) is 17.6. The summed E-state index contributed by atoms with van der Waals surface area (Å²) in [5.41, 5.74) is 2.38. The lowest BCUT2D eigenvalue weighted by Crippen LogP contribution is -2.39. The van der Waals surface area contributed by atoms with E-state index >= 15 is 0 Å². The van der Waals surface area contributed by atoms with Crippen molar-refractivity contribution >= 4 is 52.3 Å². The van der Waals surface area contributed by atoms with Gasteiger partial charge in [0.15, 0.2) is 11.6 Å². The maximum atomic E-state index is 13.0. The Morgan fingerprint density at radius 3 is 2.41 bits per heavy atom. The monoisotopic (exact) mass is 427 g/mol. The van der Waals surface area contributed by atoms with E-state index in [1.807, 2.05) is 26.8 Å². The van der Waals surface area contributed by atoms with Gasteiger partial charge in [-0.15, -0.1) is 0 Å². The Kier molecular flexibility index (Phi) is 5.21. The number of nitrogens with one attached hydrogen (secondary N) is 1. The van der Waals surface area contributed by atoms with Crippen LogP contribution in [0.15, 0.2) is 23.8 Å². The zero-order chi connectivity index (χ0) is 20.1. The van der Waals surface area contributed by atoms with E-state index in [-0.39, 0.29) is 11.6 Å². The molecule has 0 spiro atoms. The molecule has 0 heterocycles. The van der Waals surface area contributed by atoms with Crippen molar-refractivity contribution in [2.75, 3.05) is 0 Å². The number of carbonyl (C=O) groups is 3. The molecule has 1 atom stereocenters. The maximum Gasteiger partial charge on any atom is 0.272 e. The van der Waals surface area contributed by atoms with Crippen LogP contribution < -0.4 is 5.32 Å². The molecule has 1 N–H and O–H groups in total. The van der Waals surface area contributed by atoms with Crippen LogP contribution in [0.5, 0.6) is 0 Å². The van der Waals surface area contributed by atoms with Crippen LogP contribution in [0, 0.1) is 5.41 Å². The number of alkyl halides is 3. The van der Waals surface area contributed by atoms with Gasteiger partial charge in [0.05, 0.1) is 6.04 Å². The molecule has 27 heavy (non-hydrogen) atoms. The quantitative estimate of drug-likeness (QED) is 0.647. The molecular formula is C20H20Cl3NO3. The van der Waals surface area contributed by atoms with E-state index in [9.17, 15) is 14.4 Å². The maximum absolute atomic E-state index is 13.0. The minimum absolute atomic E-state index is 0.156. The van der Waals surface area contributed by atoms with Gasteiger partial charge in [-0.2, -0.15) is 0 Å². The predicted octanol–water partition coefficient (Wildman–Crippen LogP) is 4.90. The van der Waals surface area contributed by atoms with Crippen molar-refractivity contribution in [1.82, 2.24) is 5.32 Å². The molecule has 0 saturated carbocycles. The van der Waals surface area contributed by atoms with Gasteiger partial charge in [0.2, 0.25) is 0 Å². The van der Waals surface area contributed by atoms with Crippen LogP contribution in [0.4, 0.5) is 0 Å². The van der Waals surface area contributed by atoms with Crippen LogP contribution in [0.3, 0.4) is 0 Å². The number of benzene rings is 1. The molecule has 0 unspecified atom stereocenters. The minimum atomic E-state index is -2.09. The highest BCUT2D eigenvalue weighted by molar-refractivity contribution is 6.76. The molecule has 4 nitrogen and oxygen atoms in total. The van der Waals surface area contributed by atoms with Crippen molar-refractivity contribution < 1.29 is 14.4 Å². The molecule has 0 aliphatic heterocycles. The Balaban J connectivity index is 2.11. The second kappa shape index (κ2) is 6.91. The molecule has 1 amide bonds. The third-order valence-corrected chi connectivity index (χ3v) is 5.52. The SMILES string of the molecule is CC(C)(C)C1=CC(=O)c2c(ccc3c2[C@H](NC(=O)C(Cl)(Cl)Cl)CCC3)C1=O. The van der Waals surface area contributed by atoms with E-state index in [1.165, 1.54) is 6.08 Å². The summed E-state index contributed by atoms with van der Waals surface area (Å²) in [6.07, 6.45) is 3.61. The second-order valence-corrected chi connectivity index (χ2v) is 10.3. The Morgan fingerprint density at radius 1 is 1.15 bits per heavy atom. The Morgan fingerprint density at radius 2 is 1.81 bits per heavy atom. The topological polar surface area (TPSA) is 63.2 Å². The van der Waals surface area contributed by atoms with Gasteiger partial charge < -0.3 is 5.32 Å². The highest BCUT2D eigenvalue weighted by Gasteiger charge is 2.39. The summed E-state index contributed by atoms with van der Waals surface area (Å²) in [6.45, 7) is 5.70. The van der Waals surface area contributed by atoms with Gasteiger partial charge in [-0.05, 0) is 41.9 Å². The van der Waals surface area contributed by atoms with Crippen molar-refractivity contribution in [2.45, 2.75) is 49.9 Å². The summed E-state index contributed by atoms with van der Waals surface area (Å²) < 4.78 is -2.09. The van der Waals surface area contributed by atoms with Gasteiger partial charge in [-0.25, -0.2) is 0 Å². The molecule has 1 aromatic carbocycles. The smallest absolute Gasteiger partial charge is 0.272 e. The number of carbonyl (C=O) groups excluding carboxylic acids is 3. The number of amides is 1. The fourth-order valence-corrected chi connectivity index (χ4v) is 3.89. The van der Waals surface area contributed by atoms with Crippen LogP contribution in [-0.2, 0) is 11.2 Å². The molecule has 0 saturated heterocycles. The van der Waals surface area contributed by atoms with E-state index in [1.54, 1.807) is 6.07 Å². The van der Waals surface area contributed by atoms with Crippen LogP contribution in [0.1, 0.15) is 71.5 Å². The van der Waals surface area contributed by atoms with Crippen LogP contribution in [0.2, 0.25) is 0 Å². The first-order valence-corrected chi connectivity index (χ1v) is 9.89. The van der Waals surface area contributed by atoms with Gasteiger partial charge >= 0.3 is 0 Å². The average Bonchev–Trinajstić information content (AvgIpc) is 2.55. The molecule has 2 aliphatic rings. The fourth-order valence-electron chi connectivity index (χ4n) is 3.73. The second-order valence-electron chi connectivity index (χ2n) is 7.98. The van der Waals surface area contributed by atoms with Gasteiger partial charge in [0, 0.05) is 16.7 Å². The highest BCUT2D eigenvalue weighted by atomic mass is 35.6. The van der Waals surface area contributed by atoms with Crippen LogP contribution in [0.25, 0.3) is 0 Å². The number of halogens is 3. The molecule has 3 rings (SSSR count). The summed E-state index contributed by atoms with van der Waals surface area (Å²) in [5, 5.41) is 2.72. The van der Waals surface area contributed by atoms with E-state index in [2.05, 4.69) is 5.32 Å². The molecule has 2 aliphatic carbocycles. The largest absolute Gasteiger partial charge is 0.346 e. The Bertz CT molecular complexity index is 876. The normalized spacial score (nSPS) is 19.9. The average molecular weight is 429 g/mol. The standard InChI is InChI=1S/C20H20Cl3NO3/c1-19(2,3)12-9-14(25)16-11(17(12)26)8-7-10-5-4-6-13(15(10)16)24-18(27)20(21,22)23/h7-9,13H,4-6H2,1-3H3,(H,24,27)/t13-/m1/s1. The van der Waals surface area contributed by atoms with Crippen molar-refractivity contribution in [3.05, 3.63) is 46.0 Å². The number of Topliss-reactive ketones (excluding diaryl/α,β-unsaturated/α-hetero) is 1. The van der Waals surface area contributed by atoms with E-state index in [0.717, 1.165) is 18.4 Å². The molecule has 0 bridgehead atoms.